The van der Waals surface area contributed by atoms with Gasteiger partial charge in [-0.2, -0.15) is 0 Å². The monoisotopic (exact) mass is 255 g/mol. The second kappa shape index (κ2) is 4.94. The summed E-state index contributed by atoms with van der Waals surface area (Å²) in [6.45, 7) is 1.86. The van der Waals surface area contributed by atoms with Crippen molar-refractivity contribution in [1.29, 1.82) is 0 Å². The van der Waals surface area contributed by atoms with Crippen molar-refractivity contribution < 1.29 is 5.11 Å². The number of nitrogens with zero attached hydrogens (tertiary/aromatic N) is 2. The Hall–Kier alpha value is -1.12. The van der Waals surface area contributed by atoms with E-state index in [1.807, 2.05) is 6.92 Å². The number of aryl methyl sites for hydroxylation is 1. The summed E-state index contributed by atoms with van der Waals surface area (Å²) in [4.78, 5) is 7.93. The van der Waals surface area contributed by atoms with Gasteiger partial charge in [0, 0.05) is 6.42 Å². The number of hydrogen-bond donors (Lipinski definition) is 2. The summed E-state index contributed by atoms with van der Waals surface area (Å²) in [5.74, 6) is 5.79. The topological polar surface area (TPSA) is 72.0 Å². The van der Waals surface area contributed by atoms with Crippen LogP contribution >= 0.6 is 15.9 Å². The minimum Gasteiger partial charge on any atom is -0.395 e. The molecule has 1 rings (SSSR count). The average molecular weight is 256 g/mol. The summed E-state index contributed by atoms with van der Waals surface area (Å²) in [5.41, 5.74) is 6.79. The smallest absolute Gasteiger partial charge is 0.221 e. The molecule has 5 heteroatoms. The van der Waals surface area contributed by atoms with E-state index >= 15 is 0 Å². The second-order valence-corrected chi connectivity index (χ2v) is 3.40. The molecule has 0 unspecified atom stereocenters. The standard InChI is InChI=1S/C9H10BrN3O/c1-6-8(10)7(4-2-3-5-14)13-9(11)12-6/h14H,3,5H2,1H3,(H2,11,12,13). The number of aromatic nitrogens is 2. The minimum absolute atomic E-state index is 0.0458. The first kappa shape index (κ1) is 11.0. The molecule has 14 heavy (non-hydrogen) atoms. The number of nitrogens with two attached hydrogens (primary N) is 1. The maximum absolute atomic E-state index is 8.55. The van der Waals surface area contributed by atoms with Crippen LogP contribution in [0.5, 0.6) is 0 Å². The normalized spacial score (nSPS) is 9.36. The van der Waals surface area contributed by atoms with Crippen molar-refractivity contribution in [2.45, 2.75) is 13.3 Å². The molecular weight excluding hydrogens is 246 g/mol. The van der Waals surface area contributed by atoms with Crippen molar-refractivity contribution in [3.8, 4) is 11.8 Å². The highest BCUT2D eigenvalue weighted by Gasteiger charge is 2.04. The Morgan fingerprint density at radius 1 is 1.50 bits per heavy atom. The molecule has 1 heterocycles. The van der Waals surface area contributed by atoms with Crippen molar-refractivity contribution in [3.63, 3.8) is 0 Å². The average Bonchev–Trinajstić information content (AvgIpc) is 2.13. The van der Waals surface area contributed by atoms with Gasteiger partial charge in [-0.3, -0.25) is 0 Å². The fourth-order valence-electron chi connectivity index (χ4n) is 0.866. The zero-order chi connectivity index (χ0) is 10.6. The lowest BCUT2D eigenvalue weighted by Crippen LogP contribution is -2.00. The lowest BCUT2D eigenvalue weighted by Gasteiger charge is -2.00. The van der Waals surface area contributed by atoms with Gasteiger partial charge in [0.15, 0.2) is 0 Å². The molecule has 0 aromatic carbocycles. The SMILES string of the molecule is Cc1nc(N)nc(C#CCCO)c1Br. The third kappa shape index (κ3) is 2.69. The fraction of sp³-hybridized carbons (Fsp3) is 0.333. The molecule has 4 nitrogen and oxygen atoms in total. The number of halogens is 1. The van der Waals surface area contributed by atoms with Crippen LogP contribution in [0.3, 0.4) is 0 Å². The molecular formula is C9H10BrN3O. The summed E-state index contributed by atoms with van der Waals surface area (Å²) in [5, 5.41) is 8.55. The predicted octanol–water partition coefficient (Wildman–Crippen LogP) is 0.864. The van der Waals surface area contributed by atoms with Crippen molar-refractivity contribution in [1.82, 2.24) is 9.97 Å². The van der Waals surface area contributed by atoms with Gasteiger partial charge in [0.2, 0.25) is 5.95 Å². The van der Waals surface area contributed by atoms with Crippen LogP contribution in [-0.2, 0) is 0 Å². The lowest BCUT2D eigenvalue weighted by atomic mass is 10.3. The van der Waals surface area contributed by atoms with E-state index in [-0.39, 0.29) is 12.6 Å². The summed E-state index contributed by atoms with van der Waals surface area (Å²) in [6, 6.07) is 0. The number of aliphatic hydroxyl groups is 1. The Kier molecular flexibility index (Phi) is 3.86. The molecule has 0 amide bonds. The van der Waals surface area contributed by atoms with Gasteiger partial charge in [-0.05, 0) is 28.8 Å². The van der Waals surface area contributed by atoms with Crippen molar-refractivity contribution in [2.24, 2.45) is 0 Å². The summed E-state index contributed by atoms with van der Waals surface area (Å²) < 4.78 is 0.747. The molecule has 0 radical (unpaired) electrons. The minimum atomic E-state index is 0.0458. The molecule has 0 saturated heterocycles. The van der Waals surface area contributed by atoms with Crippen LogP contribution in [0.25, 0.3) is 0 Å². The van der Waals surface area contributed by atoms with Crippen LogP contribution in [0.1, 0.15) is 17.8 Å². The predicted molar refractivity (Wildman–Crippen MR) is 57.5 cm³/mol. The fourth-order valence-corrected chi connectivity index (χ4v) is 1.14. The molecule has 0 atom stereocenters. The third-order valence-corrected chi connectivity index (χ3v) is 2.43. The van der Waals surface area contributed by atoms with Crippen LogP contribution in [0.4, 0.5) is 5.95 Å². The van der Waals surface area contributed by atoms with Gasteiger partial charge in [0.25, 0.3) is 0 Å². The first-order valence-corrected chi connectivity index (χ1v) is 4.83. The number of aliphatic hydroxyl groups excluding tert-OH is 1. The molecule has 0 saturated carbocycles. The van der Waals surface area contributed by atoms with E-state index in [9.17, 15) is 0 Å². The van der Waals surface area contributed by atoms with Gasteiger partial charge in [0.05, 0.1) is 16.8 Å². The number of hydrogen-bond acceptors (Lipinski definition) is 4. The van der Waals surface area contributed by atoms with Gasteiger partial charge >= 0.3 is 0 Å². The highest BCUT2D eigenvalue weighted by Crippen LogP contribution is 2.17. The molecule has 0 aliphatic carbocycles. The first-order chi connectivity index (χ1) is 6.65. The highest BCUT2D eigenvalue weighted by molar-refractivity contribution is 9.10. The number of nitrogen functional groups attached to an aromatic ring is 1. The van der Waals surface area contributed by atoms with E-state index < -0.39 is 0 Å². The Bertz CT molecular complexity index is 395. The van der Waals surface area contributed by atoms with Crippen LogP contribution < -0.4 is 5.73 Å². The first-order valence-electron chi connectivity index (χ1n) is 4.04. The number of rotatable bonds is 1. The van der Waals surface area contributed by atoms with E-state index in [1.54, 1.807) is 0 Å². The summed E-state index contributed by atoms with van der Waals surface area (Å²) >= 11 is 3.32. The molecule has 1 aromatic heterocycles. The highest BCUT2D eigenvalue weighted by atomic mass is 79.9. The van der Waals surface area contributed by atoms with E-state index in [4.69, 9.17) is 10.8 Å². The van der Waals surface area contributed by atoms with E-state index in [2.05, 4.69) is 37.7 Å². The van der Waals surface area contributed by atoms with Gasteiger partial charge in [-0.1, -0.05) is 5.92 Å². The molecule has 0 aliphatic heterocycles. The van der Waals surface area contributed by atoms with Crippen LogP contribution in [0.2, 0.25) is 0 Å². The van der Waals surface area contributed by atoms with E-state index in [0.717, 1.165) is 10.2 Å². The largest absolute Gasteiger partial charge is 0.395 e. The molecule has 74 valence electrons. The molecule has 0 fully saturated rings. The Morgan fingerprint density at radius 3 is 2.86 bits per heavy atom. The second-order valence-electron chi connectivity index (χ2n) is 2.61. The Morgan fingerprint density at radius 2 is 2.21 bits per heavy atom. The lowest BCUT2D eigenvalue weighted by molar-refractivity contribution is 0.305. The van der Waals surface area contributed by atoms with Crippen LogP contribution in [0.15, 0.2) is 4.47 Å². The van der Waals surface area contributed by atoms with Crippen molar-refractivity contribution >= 4 is 21.9 Å². The van der Waals surface area contributed by atoms with Crippen molar-refractivity contribution in [3.05, 3.63) is 15.9 Å². The maximum Gasteiger partial charge on any atom is 0.221 e. The van der Waals surface area contributed by atoms with Crippen LogP contribution in [0, 0.1) is 18.8 Å². The zero-order valence-corrected chi connectivity index (χ0v) is 9.30. The molecule has 1 aromatic rings. The summed E-state index contributed by atoms with van der Waals surface area (Å²) in [6.07, 6.45) is 0.426. The van der Waals surface area contributed by atoms with Gasteiger partial charge in [0.1, 0.15) is 5.69 Å². The van der Waals surface area contributed by atoms with E-state index in [1.165, 1.54) is 0 Å². The molecule has 3 N–H and O–H groups in total. The quantitative estimate of drug-likeness (QED) is 0.731. The summed E-state index contributed by atoms with van der Waals surface area (Å²) in [7, 11) is 0. The van der Waals surface area contributed by atoms with Crippen LogP contribution in [-0.4, -0.2) is 21.7 Å². The molecule has 0 aliphatic rings. The maximum atomic E-state index is 8.55. The Balaban J connectivity index is 3.04. The molecule has 0 spiro atoms. The van der Waals surface area contributed by atoms with Gasteiger partial charge < -0.3 is 10.8 Å². The van der Waals surface area contributed by atoms with Gasteiger partial charge in [-0.25, -0.2) is 9.97 Å². The Labute approximate surface area is 90.7 Å². The third-order valence-electron chi connectivity index (χ3n) is 1.48. The zero-order valence-electron chi connectivity index (χ0n) is 7.71. The van der Waals surface area contributed by atoms with Crippen molar-refractivity contribution in [2.75, 3.05) is 12.3 Å². The van der Waals surface area contributed by atoms with Gasteiger partial charge in [-0.15, -0.1) is 0 Å². The van der Waals surface area contributed by atoms with E-state index in [0.29, 0.717) is 12.1 Å². The number of anilines is 1. The molecule has 0 bridgehead atoms.